The molecular formula is C29H26ClF6N7O4S. The lowest BCUT2D eigenvalue weighted by atomic mass is 10.0. The number of carboxylic acid groups (broad SMARTS) is 1. The summed E-state index contributed by atoms with van der Waals surface area (Å²) in [5.74, 6) is -4.19. The third-order valence-electron chi connectivity index (χ3n) is 7.28. The molecule has 19 heteroatoms. The number of aliphatic carboxylic acids is 1. The van der Waals surface area contributed by atoms with Crippen LogP contribution in [0, 0.1) is 11.6 Å². The van der Waals surface area contributed by atoms with Crippen LogP contribution in [0.5, 0.6) is 0 Å². The van der Waals surface area contributed by atoms with E-state index in [-0.39, 0.29) is 34.9 Å². The first kappa shape index (κ1) is 34.9. The first-order valence-corrected chi connectivity index (χ1v) is 15.9. The summed E-state index contributed by atoms with van der Waals surface area (Å²) in [7, 11) is -4.21. The van der Waals surface area contributed by atoms with Gasteiger partial charge < -0.3 is 15.3 Å². The molecule has 0 amide bonds. The highest BCUT2D eigenvalue weighted by molar-refractivity contribution is 7.90. The molecule has 0 unspecified atom stereocenters. The number of carbonyl (C=O) groups is 1. The van der Waals surface area contributed by atoms with Crippen molar-refractivity contribution >= 4 is 39.2 Å². The van der Waals surface area contributed by atoms with Crippen LogP contribution in [0.15, 0.2) is 61.1 Å². The summed E-state index contributed by atoms with van der Waals surface area (Å²) in [6, 6.07) is 10.7. The lowest BCUT2D eigenvalue weighted by Crippen LogP contribution is -2.53. The Morgan fingerprint density at radius 3 is 2.25 bits per heavy atom. The molecule has 48 heavy (non-hydrogen) atoms. The number of carboxylic acids is 1. The van der Waals surface area contributed by atoms with E-state index in [9.17, 15) is 26.0 Å². The Hall–Kier alpha value is -4.39. The second kappa shape index (κ2) is 14.0. The van der Waals surface area contributed by atoms with E-state index in [0.29, 0.717) is 11.3 Å². The first-order chi connectivity index (χ1) is 22.6. The minimum atomic E-state index is -5.08. The van der Waals surface area contributed by atoms with E-state index in [1.807, 2.05) is 6.07 Å². The molecule has 2 aliphatic heterocycles. The number of anilines is 2. The van der Waals surface area contributed by atoms with E-state index in [1.165, 1.54) is 23.0 Å². The van der Waals surface area contributed by atoms with Gasteiger partial charge >= 0.3 is 22.4 Å². The predicted octanol–water partition coefficient (Wildman–Crippen LogP) is 4.89. The summed E-state index contributed by atoms with van der Waals surface area (Å²) in [4.78, 5) is 15.0. The minimum absolute atomic E-state index is 0.0473. The molecular weight excluding hydrogens is 692 g/mol. The fraction of sp³-hybridized carbons (Fsp3) is 0.276. The lowest BCUT2D eigenvalue weighted by Gasteiger charge is -2.33. The number of nitrogens with one attached hydrogen (secondary N) is 2. The molecule has 256 valence electrons. The maximum atomic E-state index is 16.0. The van der Waals surface area contributed by atoms with Crippen molar-refractivity contribution in [2.24, 2.45) is 0 Å². The van der Waals surface area contributed by atoms with Gasteiger partial charge in [0.1, 0.15) is 17.6 Å². The predicted molar refractivity (Wildman–Crippen MR) is 165 cm³/mol. The van der Waals surface area contributed by atoms with Crippen molar-refractivity contribution in [2.45, 2.75) is 12.3 Å². The van der Waals surface area contributed by atoms with E-state index >= 15 is 8.78 Å². The Balaban J connectivity index is 0.000000582. The maximum Gasteiger partial charge on any atom is 0.490 e. The zero-order chi connectivity index (χ0) is 34.8. The smallest absolute Gasteiger partial charge is 0.475 e. The van der Waals surface area contributed by atoms with Crippen LogP contribution in [0.25, 0.3) is 28.1 Å². The SMILES string of the molecule is O=C(O)C(F)(F)F.O=S(=O)(Nc1cc(Cl)cc(-c2cn(-c3ccc(N4CCNCC4)cc3F)nc2-c2ccncc2)c1F)N1CC(F)C1. The summed E-state index contributed by atoms with van der Waals surface area (Å²) >= 11 is 6.31. The molecule has 0 bridgehead atoms. The van der Waals surface area contributed by atoms with Crippen LogP contribution in [0.1, 0.15) is 0 Å². The van der Waals surface area contributed by atoms with Gasteiger partial charge in [-0.15, -0.1) is 0 Å². The number of alkyl halides is 4. The number of piperazine rings is 1. The molecule has 4 heterocycles. The Kier molecular flexibility index (Phi) is 10.2. The van der Waals surface area contributed by atoms with Gasteiger partial charge in [-0.1, -0.05) is 11.6 Å². The van der Waals surface area contributed by atoms with Crippen LogP contribution >= 0.6 is 11.6 Å². The highest BCUT2D eigenvalue weighted by atomic mass is 35.5. The van der Waals surface area contributed by atoms with Crippen LogP contribution in [-0.2, 0) is 15.0 Å². The van der Waals surface area contributed by atoms with Crippen molar-refractivity contribution in [3.63, 3.8) is 0 Å². The fourth-order valence-electron chi connectivity index (χ4n) is 4.87. The number of hydrogen-bond donors (Lipinski definition) is 3. The fourth-order valence-corrected chi connectivity index (χ4v) is 6.36. The molecule has 2 saturated heterocycles. The average Bonchev–Trinajstić information content (AvgIpc) is 3.46. The number of rotatable bonds is 7. The Labute approximate surface area is 274 Å². The highest BCUT2D eigenvalue weighted by Gasteiger charge is 2.38. The van der Waals surface area contributed by atoms with Crippen molar-refractivity contribution in [3.8, 4) is 28.1 Å². The number of benzene rings is 2. The second-order valence-corrected chi connectivity index (χ2v) is 12.7. The van der Waals surface area contributed by atoms with E-state index in [0.717, 1.165) is 42.2 Å². The molecule has 2 aromatic carbocycles. The van der Waals surface area contributed by atoms with E-state index in [4.69, 9.17) is 21.5 Å². The highest BCUT2D eigenvalue weighted by Crippen LogP contribution is 2.38. The topological polar surface area (TPSA) is 133 Å². The van der Waals surface area contributed by atoms with Gasteiger partial charge in [-0.2, -0.15) is 31.0 Å². The van der Waals surface area contributed by atoms with Crippen molar-refractivity contribution in [2.75, 3.05) is 48.9 Å². The van der Waals surface area contributed by atoms with Gasteiger partial charge in [-0.25, -0.2) is 22.6 Å². The lowest BCUT2D eigenvalue weighted by molar-refractivity contribution is -0.192. The van der Waals surface area contributed by atoms with Gasteiger partial charge in [-0.3, -0.25) is 9.71 Å². The van der Waals surface area contributed by atoms with Gasteiger partial charge in [0.15, 0.2) is 11.6 Å². The summed E-state index contributed by atoms with van der Waals surface area (Å²) < 4.78 is 106. The normalized spacial score (nSPS) is 15.8. The van der Waals surface area contributed by atoms with Gasteiger partial charge in [0.05, 0.1) is 5.69 Å². The van der Waals surface area contributed by atoms with Gasteiger partial charge in [0.25, 0.3) is 0 Å². The quantitative estimate of drug-likeness (QED) is 0.231. The Morgan fingerprint density at radius 2 is 1.67 bits per heavy atom. The van der Waals surface area contributed by atoms with Crippen LogP contribution in [0.3, 0.4) is 0 Å². The van der Waals surface area contributed by atoms with Gasteiger partial charge in [0, 0.05) is 85.3 Å². The third kappa shape index (κ3) is 7.83. The van der Waals surface area contributed by atoms with Gasteiger partial charge in [-0.05, 0) is 42.5 Å². The van der Waals surface area contributed by atoms with E-state index in [2.05, 4.69) is 25.0 Å². The van der Waals surface area contributed by atoms with Crippen LogP contribution in [-0.4, -0.2) is 90.2 Å². The molecule has 4 aromatic rings. The minimum Gasteiger partial charge on any atom is -0.475 e. The van der Waals surface area contributed by atoms with Crippen molar-refractivity contribution in [1.29, 1.82) is 0 Å². The van der Waals surface area contributed by atoms with Gasteiger partial charge in [0.2, 0.25) is 0 Å². The number of hydrogen-bond acceptors (Lipinski definition) is 7. The Bertz CT molecular complexity index is 1900. The molecule has 6 rings (SSSR count). The molecule has 0 saturated carbocycles. The summed E-state index contributed by atoms with van der Waals surface area (Å²) in [6.07, 6.45) is -1.80. The van der Waals surface area contributed by atoms with Crippen molar-refractivity contribution < 1.29 is 44.7 Å². The van der Waals surface area contributed by atoms with Crippen LogP contribution < -0.4 is 14.9 Å². The number of pyridine rings is 1. The molecule has 0 atom stereocenters. The van der Waals surface area contributed by atoms with E-state index in [1.54, 1.807) is 30.6 Å². The molecule has 2 aromatic heterocycles. The zero-order valence-electron chi connectivity index (χ0n) is 24.6. The molecule has 3 N–H and O–H groups in total. The summed E-state index contributed by atoms with van der Waals surface area (Å²) in [5, 5.41) is 15.0. The third-order valence-corrected chi connectivity index (χ3v) is 8.95. The molecule has 11 nitrogen and oxygen atoms in total. The van der Waals surface area contributed by atoms with Crippen LogP contribution in [0.4, 0.5) is 37.7 Å². The monoisotopic (exact) mass is 717 g/mol. The van der Waals surface area contributed by atoms with E-state index < -0.39 is 45.8 Å². The molecule has 0 radical (unpaired) electrons. The standard InChI is InChI=1S/C27H25ClF3N7O2S.C2HF3O2/c28-18-11-21(26(31)24(12-18)35-41(39,40)37-14-19(29)15-37)22-16-38(34-27(22)17-3-5-32-6-4-17)25-2-1-20(13-23(25)30)36-9-7-33-8-10-36;3-2(4,5)1(6)7/h1-6,11-13,16,19,33,35H,7-10,14-15H2;(H,6,7). The van der Waals surface area contributed by atoms with Crippen molar-refractivity contribution in [1.82, 2.24) is 24.4 Å². The molecule has 2 fully saturated rings. The summed E-state index contributed by atoms with van der Waals surface area (Å²) in [6.45, 7) is 2.48. The summed E-state index contributed by atoms with van der Waals surface area (Å²) in [5.41, 5.74) is 1.54. The largest absolute Gasteiger partial charge is 0.490 e. The Morgan fingerprint density at radius 1 is 1.02 bits per heavy atom. The zero-order valence-corrected chi connectivity index (χ0v) is 26.1. The molecule has 0 spiro atoms. The van der Waals surface area contributed by atoms with Crippen LogP contribution in [0.2, 0.25) is 5.02 Å². The maximum absolute atomic E-state index is 16.0. The molecule has 0 aliphatic carbocycles. The molecule has 2 aliphatic rings. The first-order valence-electron chi connectivity index (χ1n) is 14.1. The van der Waals surface area contributed by atoms with Crippen molar-refractivity contribution in [3.05, 3.63) is 77.7 Å². The number of nitrogens with zero attached hydrogens (tertiary/aromatic N) is 5. The second-order valence-electron chi connectivity index (χ2n) is 10.6. The number of halogens is 7. The average molecular weight is 718 g/mol. The number of aromatic nitrogens is 3.